The van der Waals surface area contributed by atoms with Crippen molar-refractivity contribution in [3.8, 4) is 0 Å². The molecule has 2 unspecified atom stereocenters. The van der Waals surface area contributed by atoms with Gasteiger partial charge >= 0.3 is 5.69 Å². The molecule has 0 aliphatic carbocycles. The molecule has 0 saturated carbocycles. The SMILES string of the molecule is COC1C(OC(C)C)[C@@H](C)O[C@H]1n1ccc(=O)[nH]c1=O. The van der Waals surface area contributed by atoms with Crippen LogP contribution in [0.1, 0.15) is 27.0 Å². The zero-order chi connectivity index (χ0) is 14.9. The van der Waals surface area contributed by atoms with Gasteiger partial charge in [-0.3, -0.25) is 14.3 Å². The average molecular weight is 284 g/mol. The molecular formula is C13H20N2O5. The zero-order valence-electron chi connectivity index (χ0n) is 12.0. The number of H-pyrrole nitrogens is 1. The predicted molar refractivity (Wildman–Crippen MR) is 71.7 cm³/mol. The number of methoxy groups -OCH3 is 1. The predicted octanol–water partition coefficient (Wildman–Crippen LogP) is 0.263. The highest BCUT2D eigenvalue weighted by Gasteiger charge is 2.45. The summed E-state index contributed by atoms with van der Waals surface area (Å²) in [4.78, 5) is 25.2. The van der Waals surface area contributed by atoms with Crippen LogP contribution in [0, 0.1) is 0 Å². The standard InChI is InChI=1S/C13H20N2O5/c1-7(2)19-10-8(3)20-12(11(10)18-4)15-6-5-9(16)14-13(15)17/h5-8,10-12H,1-4H3,(H,14,16,17)/t8-,10?,11?,12-/m1/s1. The molecule has 2 heterocycles. The number of aromatic amines is 1. The van der Waals surface area contributed by atoms with Crippen LogP contribution in [0.3, 0.4) is 0 Å². The fourth-order valence-corrected chi connectivity index (χ4v) is 2.41. The Bertz CT molecular complexity index is 564. The van der Waals surface area contributed by atoms with Gasteiger partial charge in [0.25, 0.3) is 5.56 Å². The topological polar surface area (TPSA) is 82.6 Å². The summed E-state index contributed by atoms with van der Waals surface area (Å²) in [7, 11) is 1.55. The van der Waals surface area contributed by atoms with Crippen molar-refractivity contribution in [3.05, 3.63) is 33.1 Å². The summed E-state index contributed by atoms with van der Waals surface area (Å²) in [6, 6.07) is 1.28. The van der Waals surface area contributed by atoms with Crippen molar-refractivity contribution < 1.29 is 14.2 Å². The first-order valence-electron chi connectivity index (χ1n) is 6.59. The van der Waals surface area contributed by atoms with Gasteiger partial charge in [0.05, 0.1) is 12.2 Å². The first-order valence-corrected chi connectivity index (χ1v) is 6.59. The summed E-state index contributed by atoms with van der Waals surface area (Å²) in [6.45, 7) is 5.73. The molecule has 1 saturated heterocycles. The number of nitrogens with zero attached hydrogens (tertiary/aromatic N) is 1. The minimum Gasteiger partial charge on any atom is -0.374 e. The molecule has 0 bridgehead atoms. The molecule has 1 aromatic heterocycles. The number of aromatic nitrogens is 2. The second-order valence-electron chi connectivity index (χ2n) is 5.10. The van der Waals surface area contributed by atoms with E-state index < -0.39 is 23.6 Å². The molecule has 1 aromatic rings. The lowest BCUT2D eigenvalue weighted by Gasteiger charge is -2.24. The van der Waals surface area contributed by atoms with Crippen molar-refractivity contribution in [2.75, 3.05) is 7.11 Å². The Balaban J connectivity index is 2.32. The Morgan fingerprint density at radius 1 is 1.35 bits per heavy atom. The van der Waals surface area contributed by atoms with Gasteiger partial charge in [0.1, 0.15) is 12.2 Å². The van der Waals surface area contributed by atoms with Crippen molar-refractivity contribution >= 4 is 0 Å². The summed E-state index contributed by atoms with van der Waals surface area (Å²) >= 11 is 0. The van der Waals surface area contributed by atoms with Crippen LogP contribution in [-0.4, -0.2) is 41.1 Å². The molecule has 1 N–H and O–H groups in total. The van der Waals surface area contributed by atoms with E-state index in [2.05, 4.69) is 4.98 Å². The molecular weight excluding hydrogens is 264 g/mol. The van der Waals surface area contributed by atoms with Crippen molar-refractivity contribution in [1.82, 2.24) is 9.55 Å². The maximum atomic E-state index is 11.9. The van der Waals surface area contributed by atoms with Crippen molar-refractivity contribution in [2.45, 2.75) is 51.4 Å². The fraction of sp³-hybridized carbons (Fsp3) is 0.692. The van der Waals surface area contributed by atoms with E-state index in [1.807, 2.05) is 20.8 Å². The largest absolute Gasteiger partial charge is 0.374 e. The molecule has 1 aliphatic heterocycles. The maximum Gasteiger partial charge on any atom is 0.330 e. The lowest BCUT2D eigenvalue weighted by Crippen LogP contribution is -2.40. The van der Waals surface area contributed by atoms with Gasteiger partial charge in [-0.1, -0.05) is 0 Å². The van der Waals surface area contributed by atoms with Gasteiger partial charge in [-0.15, -0.1) is 0 Å². The minimum absolute atomic E-state index is 0.0229. The van der Waals surface area contributed by atoms with Gasteiger partial charge in [0.2, 0.25) is 0 Å². The number of nitrogens with one attached hydrogen (secondary N) is 1. The first kappa shape index (κ1) is 15.0. The highest BCUT2D eigenvalue weighted by atomic mass is 16.6. The highest BCUT2D eigenvalue weighted by Crippen LogP contribution is 2.32. The molecule has 0 spiro atoms. The van der Waals surface area contributed by atoms with Gasteiger partial charge in [0.15, 0.2) is 6.23 Å². The number of rotatable bonds is 4. The smallest absolute Gasteiger partial charge is 0.330 e. The lowest BCUT2D eigenvalue weighted by atomic mass is 10.1. The molecule has 112 valence electrons. The van der Waals surface area contributed by atoms with E-state index in [0.717, 1.165) is 0 Å². The maximum absolute atomic E-state index is 11.9. The monoisotopic (exact) mass is 284 g/mol. The molecule has 2 rings (SSSR count). The molecule has 7 nitrogen and oxygen atoms in total. The van der Waals surface area contributed by atoms with Crippen LogP contribution in [0.15, 0.2) is 21.9 Å². The summed E-state index contributed by atoms with van der Waals surface area (Å²) in [6.07, 6.45) is -0.105. The second-order valence-corrected chi connectivity index (χ2v) is 5.10. The zero-order valence-corrected chi connectivity index (χ0v) is 12.0. The number of hydrogen-bond donors (Lipinski definition) is 1. The van der Waals surface area contributed by atoms with Crippen LogP contribution in [0.25, 0.3) is 0 Å². The Kier molecular flexibility index (Phi) is 4.42. The van der Waals surface area contributed by atoms with E-state index in [1.165, 1.54) is 16.8 Å². The molecule has 0 radical (unpaired) electrons. The molecule has 20 heavy (non-hydrogen) atoms. The van der Waals surface area contributed by atoms with Gasteiger partial charge in [-0.25, -0.2) is 4.79 Å². The van der Waals surface area contributed by atoms with Gasteiger partial charge in [-0.2, -0.15) is 0 Å². The molecule has 1 aliphatic rings. The van der Waals surface area contributed by atoms with Crippen LogP contribution in [0.4, 0.5) is 0 Å². The fourth-order valence-electron chi connectivity index (χ4n) is 2.41. The summed E-state index contributed by atoms with van der Waals surface area (Å²) in [5.74, 6) is 0. The lowest BCUT2D eigenvalue weighted by molar-refractivity contribution is -0.0778. The number of hydrogen-bond acceptors (Lipinski definition) is 5. The van der Waals surface area contributed by atoms with Crippen molar-refractivity contribution in [3.63, 3.8) is 0 Å². The summed E-state index contributed by atoms with van der Waals surface area (Å²) in [5, 5.41) is 0. The van der Waals surface area contributed by atoms with E-state index in [1.54, 1.807) is 7.11 Å². The quantitative estimate of drug-likeness (QED) is 0.857. The van der Waals surface area contributed by atoms with E-state index >= 15 is 0 Å². The summed E-state index contributed by atoms with van der Waals surface area (Å²) < 4.78 is 18.3. The van der Waals surface area contributed by atoms with Crippen molar-refractivity contribution in [2.24, 2.45) is 0 Å². The van der Waals surface area contributed by atoms with Crippen LogP contribution in [-0.2, 0) is 14.2 Å². The first-order chi connectivity index (χ1) is 9.43. The normalized spacial score (nSPS) is 30.1. The van der Waals surface area contributed by atoms with E-state index in [9.17, 15) is 9.59 Å². The third kappa shape index (κ3) is 2.84. The van der Waals surface area contributed by atoms with Gasteiger partial charge in [0, 0.05) is 19.4 Å². The van der Waals surface area contributed by atoms with Crippen LogP contribution in [0.5, 0.6) is 0 Å². The number of ether oxygens (including phenoxy) is 3. The third-order valence-corrected chi connectivity index (χ3v) is 3.25. The van der Waals surface area contributed by atoms with Gasteiger partial charge in [-0.05, 0) is 20.8 Å². The van der Waals surface area contributed by atoms with Gasteiger partial charge < -0.3 is 14.2 Å². The summed E-state index contributed by atoms with van der Waals surface area (Å²) in [5.41, 5.74) is -0.969. The molecule has 0 aromatic carbocycles. The van der Waals surface area contributed by atoms with Crippen LogP contribution < -0.4 is 11.2 Å². The van der Waals surface area contributed by atoms with E-state index in [-0.39, 0.29) is 18.3 Å². The second kappa shape index (κ2) is 5.90. The van der Waals surface area contributed by atoms with Crippen molar-refractivity contribution in [1.29, 1.82) is 0 Å². The Morgan fingerprint density at radius 3 is 2.60 bits per heavy atom. The van der Waals surface area contributed by atoms with Crippen LogP contribution in [0.2, 0.25) is 0 Å². The molecule has 1 fully saturated rings. The van der Waals surface area contributed by atoms with Crippen LogP contribution >= 0.6 is 0 Å². The highest BCUT2D eigenvalue weighted by molar-refractivity contribution is 4.93. The average Bonchev–Trinajstić information content (AvgIpc) is 2.65. The molecule has 4 atom stereocenters. The van der Waals surface area contributed by atoms with E-state index in [4.69, 9.17) is 14.2 Å². The molecule has 7 heteroatoms. The molecule has 0 amide bonds. The Morgan fingerprint density at radius 2 is 2.05 bits per heavy atom. The minimum atomic E-state index is -0.622. The Hall–Kier alpha value is -1.44. The Labute approximate surface area is 116 Å². The third-order valence-electron chi connectivity index (χ3n) is 3.25. The van der Waals surface area contributed by atoms with E-state index in [0.29, 0.717) is 0 Å².